The Morgan fingerprint density at radius 3 is 2.59 bits per heavy atom. The summed E-state index contributed by atoms with van der Waals surface area (Å²) in [6, 6.07) is 7.38. The molecule has 27 heavy (non-hydrogen) atoms. The number of methoxy groups -OCH3 is 1. The molecule has 1 amide bonds. The normalized spacial score (nSPS) is 16.2. The highest BCUT2D eigenvalue weighted by atomic mass is 32.1. The van der Waals surface area contributed by atoms with Gasteiger partial charge in [-0.05, 0) is 30.7 Å². The molecule has 1 fully saturated rings. The highest BCUT2D eigenvalue weighted by Gasteiger charge is 2.32. The number of carbonyl (C=O) groups is 1. The van der Waals surface area contributed by atoms with Crippen molar-refractivity contribution in [3.63, 3.8) is 0 Å². The molecule has 146 valence electrons. The molecular formula is C18H20F3N3O2S. The number of carbonyl (C=O) groups excluding carboxylic acids is 1. The summed E-state index contributed by atoms with van der Waals surface area (Å²) in [5, 5.41) is 2.41. The Bertz CT molecular complexity index is 777. The highest BCUT2D eigenvalue weighted by Crippen LogP contribution is 2.26. The first kappa shape index (κ1) is 19.6. The first-order chi connectivity index (χ1) is 12.9. The van der Waals surface area contributed by atoms with Crippen molar-refractivity contribution < 1.29 is 22.7 Å². The van der Waals surface area contributed by atoms with Crippen molar-refractivity contribution in [1.29, 1.82) is 0 Å². The van der Waals surface area contributed by atoms with E-state index >= 15 is 0 Å². The van der Waals surface area contributed by atoms with E-state index in [4.69, 9.17) is 4.74 Å². The maximum Gasteiger partial charge on any atom is 0.401 e. The van der Waals surface area contributed by atoms with Crippen LogP contribution in [0.15, 0.2) is 29.6 Å². The predicted octanol–water partition coefficient (Wildman–Crippen LogP) is 3.53. The summed E-state index contributed by atoms with van der Waals surface area (Å²) in [4.78, 5) is 20.0. The van der Waals surface area contributed by atoms with Gasteiger partial charge in [0.05, 0.1) is 13.7 Å². The Morgan fingerprint density at radius 2 is 1.93 bits per heavy atom. The molecule has 3 rings (SSSR count). The van der Waals surface area contributed by atoms with Crippen LogP contribution in [0.4, 0.5) is 13.2 Å². The third-order valence-electron chi connectivity index (χ3n) is 4.34. The van der Waals surface area contributed by atoms with Crippen LogP contribution >= 0.6 is 11.3 Å². The van der Waals surface area contributed by atoms with Gasteiger partial charge >= 0.3 is 6.18 Å². The van der Waals surface area contributed by atoms with Crippen LogP contribution in [-0.2, 0) is 0 Å². The van der Waals surface area contributed by atoms with Crippen molar-refractivity contribution in [1.82, 2.24) is 14.8 Å². The van der Waals surface area contributed by atoms with Gasteiger partial charge in [0.25, 0.3) is 5.91 Å². The second kappa shape index (κ2) is 8.26. The van der Waals surface area contributed by atoms with Gasteiger partial charge in [-0.25, -0.2) is 4.98 Å². The smallest absolute Gasteiger partial charge is 0.401 e. The lowest BCUT2D eigenvalue weighted by atomic mass is 10.2. The molecule has 1 aromatic heterocycles. The third-order valence-corrected chi connectivity index (χ3v) is 5.23. The van der Waals surface area contributed by atoms with Gasteiger partial charge in [0.15, 0.2) is 0 Å². The second-order valence-electron chi connectivity index (χ2n) is 6.30. The SMILES string of the molecule is COc1ccc(-c2nc(C(=O)N3CCCN(CC(F)(F)F)CC3)cs2)cc1. The number of thiazole rings is 1. The molecule has 9 heteroatoms. The number of benzene rings is 1. The quantitative estimate of drug-likeness (QED) is 0.789. The number of hydrogen-bond donors (Lipinski definition) is 0. The van der Waals surface area contributed by atoms with Crippen LogP contribution in [0, 0.1) is 0 Å². The second-order valence-corrected chi connectivity index (χ2v) is 7.16. The summed E-state index contributed by atoms with van der Waals surface area (Å²) in [6.07, 6.45) is -3.71. The summed E-state index contributed by atoms with van der Waals surface area (Å²) in [7, 11) is 1.59. The zero-order valence-electron chi connectivity index (χ0n) is 14.8. The van der Waals surface area contributed by atoms with E-state index < -0.39 is 12.7 Å². The molecular weight excluding hydrogens is 379 g/mol. The van der Waals surface area contributed by atoms with Gasteiger partial charge in [0.2, 0.25) is 0 Å². The molecule has 1 aliphatic rings. The average molecular weight is 399 g/mol. The fraction of sp³-hybridized carbons (Fsp3) is 0.444. The predicted molar refractivity (Wildman–Crippen MR) is 97.1 cm³/mol. The largest absolute Gasteiger partial charge is 0.497 e. The van der Waals surface area contributed by atoms with Crippen molar-refractivity contribution in [3.8, 4) is 16.3 Å². The Morgan fingerprint density at radius 1 is 1.19 bits per heavy atom. The van der Waals surface area contributed by atoms with Crippen LogP contribution in [0.1, 0.15) is 16.9 Å². The Labute approximate surface area is 159 Å². The topological polar surface area (TPSA) is 45.7 Å². The first-order valence-corrected chi connectivity index (χ1v) is 9.42. The monoisotopic (exact) mass is 399 g/mol. The summed E-state index contributed by atoms with van der Waals surface area (Å²) >= 11 is 1.36. The molecule has 0 saturated carbocycles. The van der Waals surface area contributed by atoms with Crippen molar-refractivity contribution >= 4 is 17.2 Å². The number of hydrogen-bond acceptors (Lipinski definition) is 5. The minimum Gasteiger partial charge on any atom is -0.497 e. The maximum atomic E-state index is 12.7. The molecule has 5 nitrogen and oxygen atoms in total. The van der Waals surface area contributed by atoms with Gasteiger partial charge in [-0.1, -0.05) is 0 Å². The average Bonchev–Trinajstić information content (AvgIpc) is 3.02. The zero-order valence-corrected chi connectivity index (χ0v) is 15.6. The number of alkyl halides is 3. The third kappa shape index (κ3) is 5.20. The van der Waals surface area contributed by atoms with Crippen molar-refractivity contribution in [2.75, 3.05) is 39.8 Å². The molecule has 0 N–H and O–H groups in total. The fourth-order valence-corrected chi connectivity index (χ4v) is 3.79. The van der Waals surface area contributed by atoms with E-state index in [1.165, 1.54) is 16.2 Å². The summed E-state index contributed by atoms with van der Waals surface area (Å²) in [5.74, 6) is 0.499. The molecule has 1 aliphatic heterocycles. The molecule has 2 heterocycles. The molecule has 2 aromatic rings. The Kier molecular flexibility index (Phi) is 6.01. The minimum atomic E-state index is -4.22. The molecule has 0 bridgehead atoms. The van der Waals surface area contributed by atoms with E-state index in [-0.39, 0.29) is 19.0 Å². The van der Waals surface area contributed by atoms with Gasteiger partial charge < -0.3 is 9.64 Å². The molecule has 0 aliphatic carbocycles. The van der Waals surface area contributed by atoms with Crippen molar-refractivity contribution in [3.05, 3.63) is 35.3 Å². The van der Waals surface area contributed by atoms with Crippen molar-refractivity contribution in [2.45, 2.75) is 12.6 Å². The summed E-state index contributed by atoms with van der Waals surface area (Å²) in [6.45, 7) is 0.304. The van der Waals surface area contributed by atoms with Crippen LogP contribution in [0.5, 0.6) is 5.75 Å². The number of halogens is 3. The highest BCUT2D eigenvalue weighted by molar-refractivity contribution is 7.13. The van der Waals surface area contributed by atoms with Gasteiger partial charge in [-0.2, -0.15) is 13.2 Å². The van der Waals surface area contributed by atoms with E-state index in [1.807, 2.05) is 24.3 Å². The van der Waals surface area contributed by atoms with Crippen LogP contribution in [0.2, 0.25) is 0 Å². The summed E-state index contributed by atoms with van der Waals surface area (Å²) < 4.78 is 42.8. The molecule has 0 unspecified atom stereocenters. The first-order valence-electron chi connectivity index (χ1n) is 8.54. The van der Waals surface area contributed by atoms with Crippen LogP contribution < -0.4 is 4.74 Å². The fourth-order valence-electron chi connectivity index (χ4n) is 2.99. The van der Waals surface area contributed by atoms with E-state index in [0.717, 1.165) is 16.3 Å². The zero-order chi connectivity index (χ0) is 19.4. The van der Waals surface area contributed by atoms with Gasteiger partial charge in [0.1, 0.15) is 16.5 Å². The number of nitrogens with zero attached hydrogens (tertiary/aromatic N) is 3. The van der Waals surface area contributed by atoms with Gasteiger partial charge in [-0.3, -0.25) is 9.69 Å². The number of ether oxygens (including phenoxy) is 1. The Balaban J connectivity index is 1.65. The maximum absolute atomic E-state index is 12.7. The van der Waals surface area contributed by atoms with Gasteiger partial charge in [0, 0.05) is 37.1 Å². The molecule has 0 atom stereocenters. The van der Waals surface area contributed by atoms with E-state index in [9.17, 15) is 18.0 Å². The molecule has 1 saturated heterocycles. The lowest BCUT2D eigenvalue weighted by Crippen LogP contribution is -2.38. The van der Waals surface area contributed by atoms with Crippen LogP contribution in [0.25, 0.3) is 10.6 Å². The standard InChI is InChI=1S/C18H20F3N3O2S/c1-26-14-5-3-13(4-6-14)16-22-15(11-27-16)17(25)24-8-2-7-23(9-10-24)12-18(19,20)21/h3-6,11H,2,7-10,12H2,1H3. The van der Waals surface area contributed by atoms with Crippen LogP contribution in [-0.4, -0.2) is 66.7 Å². The number of aromatic nitrogens is 1. The van der Waals surface area contributed by atoms with E-state index in [0.29, 0.717) is 25.2 Å². The summed E-state index contributed by atoms with van der Waals surface area (Å²) in [5.41, 5.74) is 1.21. The van der Waals surface area contributed by atoms with E-state index in [1.54, 1.807) is 17.4 Å². The van der Waals surface area contributed by atoms with Crippen molar-refractivity contribution in [2.24, 2.45) is 0 Å². The number of rotatable bonds is 4. The number of amides is 1. The van der Waals surface area contributed by atoms with Gasteiger partial charge in [-0.15, -0.1) is 11.3 Å². The molecule has 0 radical (unpaired) electrons. The Hall–Kier alpha value is -2.13. The molecule has 0 spiro atoms. The van der Waals surface area contributed by atoms with Crippen LogP contribution in [0.3, 0.4) is 0 Å². The lowest BCUT2D eigenvalue weighted by Gasteiger charge is -2.22. The lowest BCUT2D eigenvalue weighted by molar-refractivity contribution is -0.145. The minimum absolute atomic E-state index is 0.209. The van der Waals surface area contributed by atoms with E-state index in [2.05, 4.69) is 4.98 Å². The molecule has 1 aromatic carbocycles.